The highest BCUT2D eigenvalue weighted by atomic mass is 32.2. The van der Waals surface area contributed by atoms with Crippen molar-refractivity contribution in [3.8, 4) is 0 Å². The zero-order valence-electron chi connectivity index (χ0n) is 15.5. The Morgan fingerprint density at radius 2 is 1.41 bits per heavy atom. The maximum Gasteiger partial charge on any atom is 0.237 e. The first kappa shape index (κ1) is 20.5. The standard InChI is InChI=1S/C20H23N3O3S/c1-4-19(27-18-7-5-6-17(12-18)22-14(3)25)20(26)23-16-10-8-15(9-11-16)21-13(2)24/h5-12,19H,4H2,1-3H3,(H,21,24)(H,22,25)(H,23,26). The fraction of sp³-hybridized carbons (Fsp3) is 0.250. The molecule has 2 aromatic carbocycles. The van der Waals surface area contributed by atoms with Crippen molar-refractivity contribution in [2.24, 2.45) is 0 Å². The average Bonchev–Trinajstić information content (AvgIpc) is 2.60. The Kier molecular flexibility index (Phi) is 7.43. The Morgan fingerprint density at radius 3 is 1.96 bits per heavy atom. The van der Waals surface area contributed by atoms with Gasteiger partial charge in [0, 0.05) is 35.8 Å². The van der Waals surface area contributed by atoms with Gasteiger partial charge in [0.15, 0.2) is 0 Å². The van der Waals surface area contributed by atoms with E-state index < -0.39 is 0 Å². The molecule has 0 radical (unpaired) electrons. The Balaban J connectivity index is 2.01. The van der Waals surface area contributed by atoms with Gasteiger partial charge in [0.1, 0.15) is 0 Å². The molecule has 1 atom stereocenters. The minimum Gasteiger partial charge on any atom is -0.326 e. The summed E-state index contributed by atoms with van der Waals surface area (Å²) in [5.41, 5.74) is 2.05. The molecule has 0 aliphatic heterocycles. The van der Waals surface area contributed by atoms with E-state index in [1.165, 1.54) is 25.6 Å². The molecule has 0 fully saturated rings. The first-order valence-corrected chi connectivity index (χ1v) is 9.48. The van der Waals surface area contributed by atoms with Gasteiger partial charge in [-0.15, -0.1) is 11.8 Å². The molecule has 3 amide bonds. The largest absolute Gasteiger partial charge is 0.326 e. The second kappa shape index (κ2) is 9.78. The predicted molar refractivity (Wildman–Crippen MR) is 110 cm³/mol. The van der Waals surface area contributed by atoms with Crippen molar-refractivity contribution in [1.82, 2.24) is 0 Å². The second-order valence-corrected chi connectivity index (χ2v) is 7.25. The van der Waals surface area contributed by atoms with E-state index in [1.54, 1.807) is 24.3 Å². The molecular formula is C20H23N3O3S. The molecule has 2 rings (SSSR count). The molecule has 27 heavy (non-hydrogen) atoms. The molecule has 0 saturated heterocycles. The van der Waals surface area contributed by atoms with Crippen LogP contribution in [0.25, 0.3) is 0 Å². The Labute approximate surface area is 163 Å². The summed E-state index contributed by atoms with van der Waals surface area (Å²) in [4.78, 5) is 35.8. The summed E-state index contributed by atoms with van der Waals surface area (Å²) in [6, 6.07) is 14.4. The van der Waals surface area contributed by atoms with Crippen molar-refractivity contribution in [2.75, 3.05) is 16.0 Å². The summed E-state index contributed by atoms with van der Waals surface area (Å²) in [7, 11) is 0. The molecule has 6 nitrogen and oxygen atoms in total. The van der Waals surface area contributed by atoms with E-state index in [9.17, 15) is 14.4 Å². The molecule has 0 spiro atoms. The normalized spacial score (nSPS) is 11.4. The van der Waals surface area contributed by atoms with Gasteiger partial charge in [-0.2, -0.15) is 0 Å². The molecular weight excluding hydrogens is 362 g/mol. The van der Waals surface area contributed by atoms with Crippen LogP contribution in [-0.2, 0) is 14.4 Å². The third-order valence-electron chi connectivity index (χ3n) is 3.57. The van der Waals surface area contributed by atoms with Crippen LogP contribution >= 0.6 is 11.8 Å². The number of hydrogen-bond donors (Lipinski definition) is 3. The van der Waals surface area contributed by atoms with Crippen LogP contribution in [-0.4, -0.2) is 23.0 Å². The number of anilines is 3. The van der Waals surface area contributed by atoms with E-state index in [-0.39, 0.29) is 23.0 Å². The van der Waals surface area contributed by atoms with Crippen LogP contribution < -0.4 is 16.0 Å². The van der Waals surface area contributed by atoms with Gasteiger partial charge in [-0.05, 0) is 48.9 Å². The summed E-state index contributed by atoms with van der Waals surface area (Å²) in [6.07, 6.45) is 0.658. The summed E-state index contributed by atoms with van der Waals surface area (Å²) in [5.74, 6) is -0.375. The van der Waals surface area contributed by atoms with Crippen molar-refractivity contribution in [1.29, 1.82) is 0 Å². The SMILES string of the molecule is CCC(Sc1cccc(NC(C)=O)c1)C(=O)Nc1ccc(NC(C)=O)cc1. The van der Waals surface area contributed by atoms with Crippen molar-refractivity contribution < 1.29 is 14.4 Å². The first-order chi connectivity index (χ1) is 12.9. The molecule has 3 N–H and O–H groups in total. The highest BCUT2D eigenvalue weighted by Crippen LogP contribution is 2.28. The number of carbonyl (C=O) groups is 3. The number of carbonyl (C=O) groups excluding carboxylic acids is 3. The fourth-order valence-electron chi connectivity index (χ4n) is 2.40. The Hall–Kier alpha value is -2.80. The van der Waals surface area contributed by atoms with Gasteiger partial charge in [0.25, 0.3) is 0 Å². The summed E-state index contributed by atoms with van der Waals surface area (Å²) < 4.78 is 0. The lowest BCUT2D eigenvalue weighted by atomic mass is 10.2. The summed E-state index contributed by atoms with van der Waals surface area (Å²) in [6.45, 7) is 4.85. The van der Waals surface area contributed by atoms with Crippen LogP contribution in [0.15, 0.2) is 53.4 Å². The lowest BCUT2D eigenvalue weighted by Gasteiger charge is -2.15. The smallest absolute Gasteiger partial charge is 0.237 e. The van der Waals surface area contributed by atoms with Crippen molar-refractivity contribution >= 4 is 46.5 Å². The minimum atomic E-state index is -0.271. The molecule has 0 aromatic heterocycles. The molecule has 1 unspecified atom stereocenters. The maximum atomic E-state index is 12.6. The maximum absolute atomic E-state index is 12.6. The van der Waals surface area contributed by atoms with Gasteiger partial charge in [0.05, 0.1) is 5.25 Å². The van der Waals surface area contributed by atoms with Crippen LogP contribution in [0.1, 0.15) is 27.2 Å². The van der Waals surface area contributed by atoms with Crippen LogP contribution in [0.2, 0.25) is 0 Å². The fourth-order valence-corrected chi connectivity index (χ4v) is 3.41. The predicted octanol–water partition coefficient (Wildman–Crippen LogP) is 4.11. The lowest BCUT2D eigenvalue weighted by molar-refractivity contribution is -0.116. The minimum absolute atomic E-state index is 0.0975. The number of amides is 3. The molecule has 2 aromatic rings. The van der Waals surface area contributed by atoms with E-state index in [1.807, 2.05) is 31.2 Å². The van der Waals surface area contributed by atoms with E-state index in [2.05, 4.69) is 16.0 Å². The van der Waals surface area contributed by atoms with Crippen LogP contribution in [0.4, 0.5) is 17.1 Å². The Bertz CT molecular complexity index is 821. The zero-order valence-corrected chi connectivity index (χ0v) is 16.4. The average molecular weight is 385 g/mol. The quantitative estimate of drug-likeness (QED) is 0.626. The van der Waals surface area contributed by atoms with Gasteiger partial charge in [-0.1, -0.05) is 13.0 Å². The molecule has 0 heterocycles. The molecule has 0 bridgehead atoms. The molecule has 0 aliphatic rings. The third kappa shape index (κ3) is 6.79. The number of nitrogens with one attached hydrogen (secondary N) is 3. The Morgan fingerprint density at radius 1 is 0.852 bits per heavy atom. The van der Waals surface area contributed by atoms with Gasteiger partial charge in [-0.3, -0.25) is 14.4 Å². The van der Waals surface area contributed by atoms with Gasteiger partial charge in [0.2, 0.25) is 17.7 Å². The van der Waals surface area contributed by atoms with Gasteiger partial charge in [-0.25, -0.2) is 0 Å². The van der Waals surface area contributed by atoms with Gasteiger partial charge < -0.3 is 16.0 Å². The highest BCUT2D eigenvalue weighted by Gasteiger charge is 2.18. The third-order valence-corrected chi connectivity index (χ3v) is 4.93. The lowest BCUT2D eigenvalue weighted by Crippen LogP contribution is -2.24. The zero-order chi connectivity index (χ0) is 19.8. The molecule has 7 heteroatoms. The number of rotatable bonds is 7. The summed E-state index contributed by atoms with van der Waals surface area (Å²) in [5, 5.41) is 8.05. The molecule has 0 aliphatic carbocycles. The van der Waals surface area contributed by atoms with E-state index >= 15 is 0 Å². The monoisotopic (exact) mass is 385 g/mol. The van der Waals surface area contributed by atoms with E-state index in [4.69, 9.17) is 0 Å². The molecule has 142 valence electrons. The second-order valence-electron chi connectivity index (χ2n) is 5.97. The van der Waals surface area contributed by atoms with Crippen molar-refractivity contribution in [3.63, 3.8) is 0 Å². The number of hydrogen-bond acceptors (Lipinski definition) is 4. The van der Waals surface area contributed by atoms with E-state index in [0.717, 1.165) is 4.90 Å². The van der Waals surface area contributed by atoms with Crippen LogP contribution in [0.3, 0.4) is 0 Å². The summed E-state index contributed by atoms with van der Waals surface area (Å²) >= 11 is 1.45. The highest BCUT2D eigenvalue weighted by molar-refractivity contribution is 8.00. The van der Waals surface area contributed by atoms with Crippen molar-refractivity contribution in [2.45, 2.75) is 37.3 Å². The van der Waals surface area contributed by atoms with Crippen LogP contribution in [0, 0.1) is 0 Å². The number of benzene rings is 2. The van der Waals surface area contributed by atoms with Gasteiger partial charge >= 0.3 is 0 Å². The molecule has 0 saturated carbocycles. The topological polar surface area (TPSA) is 87.3 Å². The first-order valence-electron chi connectivity index (χ1n) is 8.60. The van der Waals surface area contributed by atoms with E-state index in [0.29, 0.717) is 23.5 Å². The van der Waals surface area contributed by atoms with Crippen molar-refractivity contribution in [3.05, 3.63) is 48.5 Å². The number of thioether (sulfide) groups is 1. The van der Waals surface area contributed by atoms with Crippen LogP contribution in [0.5, 0.6) is 0 Å².